The van der Waals surface area contributed by atoms with E-state index in [-0.39, 0.29) is 22.7 Å². The molecule has 0 heterocycles. The van der Waals surface area contributed by atoms with Crippen LogP contribution in [0.1, 0.15) is 58.8 Å². The molecule has 0 aromatic heterocycles. The van der Waals surface area contributed by atoms with Crippen LogP contribution >= 0.6 is 0 Å². The van der Waals surface area contributed by atoms with Crippen LogP contribution in [-0.4, -0.2) is 28.2 Å². The van der Waals surface area contributed by atoms with Crippen molar-refractivity contribution in [3.63, 3.8) is 0 Å². The first-order chi connectivity index (χ1) is 10.4. The van der Waals surface area contributed by atoms with Gasteiger partial charge in [-0.05, 0) is 79.6 Å². The summed E-state index contributed by atoms with van der Waals surface area (Å²) in [5.74, 6) is 1.74. The second-order valence-electron chi connectivity index (χ2n) is 8.76. The highest BCUT2D eigenvalue weighted by molar-refractivity contribution is 5.95. The second-order valence-corrected chi connectivity index (χ2v) is 8.76. The smallest absolute Gasteiger partial charge is 0.184 e. The van der Waals surface area contributed by atoms with Crippen LogP contribution in [0.2, 0.25) is 0 Å². The van der Waals surface area contributed by atoms with Crippen molar-refractivity contribution in [3.05, 3.63) is 11.6 Å². The Bertz CT molecular complexity index is 539. The van der Waals surface area contributed by atoms with Gasteiger partial charge in [-0.1, -0.05) is 19.4 Å². The molecule has 4 rings (SSSR count). The first kappa shape index (κ1) is 14.9. The Hall–Kier alpha value is -0.670. The topological polar surface area (TPSA) is 57.5 Å². The second kappa shape index (κ2) is 4.67. The molecule has 7 atom stereocenters. The van der Waals surface area contributed by atoms with Crippen LogP contribution < -0.4 is 0 Å². The Kier molecular flexibility index (Phi) is 3.16. The fourth-order valence-corrected chi connectivity index (χ4v) is 6.59. The van der Waals surface area contributed by atoms with Gasteiger partial charge in [0.2, 0.25) is 0 Å². The van der Waals surface area contributed by atoms with Gasteiger partial charge in [0.25, 0.3) is 0 Å². The number of aliphatic hydroxyl groups excluding tert-OH is 2. The van der Waals surface area contributed by atoms with E-state index in [1.165, 1.54) is 5.57 Å². The van der Waals surface area contributed by atoms with Gasteiger partial charge >= 0.3 is 0 Å². The Morgan fingerprint density at radius 3 is 2.64 bits per heavy atom. The van der Waals surface area contributed by atoms with E-state index in [1.807, 2.05) is 0 Å². The Morgan fingerprint density at radius 2 is 1.86 bits per heavy atom. The summed E-state index contributed by atoms with van der Waals surface area (Å²) in [7, 11) is 0. The number of aliphatic hydroxyl groups is 2. The van der Waals surface area contributed by atoms with E-state index >= 15 is 0 Å². The van der Waals surface area contributed by atoms with E-state index in [9.17, 15) is 15.0 Å². The fourth-order valence-electron chi connectivity index (χ4n) is 6.59. The molecule has 2 N–H and O–H groups in total. The number of rotatable bonds is 0. The standard InChI is InChI=1S/C19H28O3/c1-18-8-7-14-12(13(18)5-6-17(18)22)4-3-11-9-15(20)16(21)10-19(11,14)2/h9,12-14,16-17,21-22H,3-8,10H2,1-2H3/t12?,13?,14?,16-,17-,18-,19-/m0/s1. The molecule has 3 fully saturated rings. The normalized spacial score (nSPS) is 54.3. The largest absolute Gasteiger partial charge is 0.393 e. The Morgan fingerprint density at radius 1 is 1.09 bits per heavy atom. The van der Waals surface area contributed by atoms with Crippen molar-refractivity contribution in [2.75, 3.05) is 0 Å². The number of fused-ring (bicyclic) bond motifs is 5. The lowest BCUT2D eigenvalue weighted by atomic mass is 9.47. The zero-order valence-electron chi connectivity index (χ0n) is 13.7. The number of allylic oxidation sites excluding steroid dienone is 1. The number of carbonyl (C=O) groups excluding carboxylic acids is 1. The predicted molar refractivity (Wildman–Crippen MR) is 84.1 cm³/mol. The van der Waals surface area contributed by atoms with Gasteiger partial charge in [0.05, 0.1) is 6.10 Å². The van der Waals surface area contributed by atoms with Crippen LogP contribution in [-0.2, 0) is 4.79 Å². The maximum Gasteiger partial charge on any atom is 0.184 e. The average Bonchev–Trinajstić information content (AvgIpc) is 2.77. The van der Waals surface area contributed by atoms with Gasteiger partial charge in [0.1, 0.15) is 6.10 Å². The summed E-state index contributed by atoms with van der Waals surface area (Å²) >= 11 is 0. The van der Waals surface area contributed by atoms with Crippen molar-refractivity contribution in [1.29, 1.82) is 0 Å². The third-order valence-electron chi connectivity index (χ3n) is 7.95. The summed E-state index contributed by atoms with van der Waals surface area (Å²) in [4.78, 5) is 11.9. The lowest BCUT2D eigenvalue weighted by molar-refractivity contribution is -0.128. The van der Waals surface area contributed by atoms with Gasteiger partial charge in [-0.2, -0.15) is 0 Å². The molecule has 3 heteroatoms. The van der Waals surface area contributed by atoms with Gasteiger partial charge in [0, 0.05) is 0 Å². The molecule has 0 aromatic carbocycles. The molecule has 0 spiro atoms. The fraction of sp³-hybridized carbons (Fsp3) is 0.842. The minimum Gasteiger partial charge on any atom is -0.393 e. The van der Waals surface area contributed by atoms with Gasteiger partial charge in [-0.3, -0.25) is 4.79 Å². The third-order valence-corrected chi connectivity index (χ3v) is 7.95. The number of ketones is 1. The van der Waals surface area contributed by atoms with Gasteiger partial charge < -0.3 is 10.2 Å². The maximum absolute atomic E-state index is 11.9. The lowest BCUT2D eigenvalue weighted by Gasteiger charge is -2.58. The minimum atomic E-state index is -0.810. The molecular formula is C19H28O3. The van der Waals surface area contributed by atoms with Crippen molar-refractivity contribution in [2.24, 2.45) is 28.6 Å². The molecule has 0 radical (unpaired) electrons. The summed E-state index contributed by atoms with van der Waals surface area (Å²) in [6, 6.07) is 0. The third kappa shape index (κ3) is 1.78. The van der Waals surface area contributed by atoms with E-state index < -0.39 is 6.10 Å². The first-order valence-corrected chi connectivity index (χ1v) is 8.97. The van der Waals surface area contributed by atoms with E-state index in [2.05, 4.69) is 13.8 Å². The Balaban J connectivity index is 1.70. The van der Waals surface area contributed by atoms with Crippen LogP contribution in [0.4, 0.5) is 0 Å². The van der Waals surface area contributed by atoms with Gasteiger partial charge in [0.15, 0.2) is 5.78 Å². The zero-order chi connectivity index (χ0) is 15.7. The monoisotopic (exact) mass is 304 g/mol. The molecular weight excluding hydrogens is 276 g/mol. The highest BCUT2D eigenvalue weighted by Gasteiger charge is 2.59. The summed E-state index contributed by atoms with van der Waals surface area (Å²) in [5.41, 5.74) is 1.37. The summed E-state index contributed by atoms with van der Waals surface area (Å²) in [6.45, 7) is 4.57. The molecule has 3 saturated carbocycles. The molecule has 4 aliphatic rings. The number of carbonyl (C=O) groups is 1. The van der Waals surface area contributed by atoms with Gasteiger partial charge in [-0.25, -0.2) is 0 Å². The molecule has 0 aliphatic heterocycles. The van der Waals surface area contributed by atoms with Crippen molar-refractivity contribution < 1.29 is 15.0 Å². The summed E-state index contributed by atoms with van der Waals surface area (Å²) in [6.07, 6.45) is 7.88. The number of hydrogen-bond acceptors (Lipinski definition) is 3. The van der Waals surface area contributed by atoms with Crippen molar-refractivity contribution in [2.45, 2.75) is 71.0 Å². The van der Waals surface area contributed by atoms with Crippen LogP contribution in [0.5, 0.6) is 0 Å². The van der Waals surface area contributed by atoms with Crippen LogP contribution in [0.25, 0.3) is 0 Å². The van der Waals surface area contributed by atoms with Crippen LogP contribution in [0, 0.1) is 28.6 Å². The highest BCUT2D eigenvalue weighted by Crippen LogP contribution is 2.65. The van der Waals surface area contributed by atoms with Crippen molar-refractivity contribution in [1.82, 2.24) is 0 Å². The van der Waals surface area contributed by atoms with E-state index in [4.69, 9.17) is 0 Å². The highest BCUT2D eigenvalue weighted by atomic mass is 16.3. The average molecular weight is 304 g/mol. The molecule has 3 unspecified atom stereocenters. The molecule has 0 saturated heterocycles. The van der Waals surface area contributed by atoms with E-state index in [1.54, 1.807) is 6.08 Å². The minimum absolute atomic E-state index is 0.00881. The molecule has 0 aromatic rings. The predicted octanol–water partition coefficient (Wildman–Crippen LogP) is 2.85. The van der Waals surface area contributed by atoms with Crippen LogP contribution in [0.15, 0.2) is 11.6 Å². The molecule has 3 nitrogen and oxygen atoms in total. The molecule has 0 bridgehead atoms. The summed E-state index contributed by atoms with van der Waals surface area (Å²) < 4.78 is 0. The quantitative estimate of drug-likeness (QED) is 0.723. The molecule has 22 heavy (non-hydrogen) atoms. The lowest BCUT2D eigenvalue weighted by Crippen LogP contribution is -2.52. The molecule has 0 amide bonds. The van der Waals surface area contributed by atoms with E-state index in [0.717, 1.165) is 38.5 Å². The van der Waals surface area contributed by atoms with Crippen molar-refractivity contribution in [3.8, 4) is 0 Å². The number of hydrogen-bond donors (Lipinski definition) is 2. The van der Waals surface area contributed by atoms with Gasteiger partial charge in [-0.15, -0.1) is 0 Å². The summed E-state index contributed by atoms with van der Waals surface area (Å²) in [5, 5.41) is 20.6. The maximum atomic E-state index is 11.9. The SMILES string of the molecule is C[C@]12C[C@H](O)C(=O)C=C1CCC1C2CC[C@@]2(C)C1CC[C@@H]2O. The zero-order valence-corrected chi connectivity index (χ0v) is 13.7. The Labute approximate surface area is 132 Å². The molecule has 4 aliphatic carbocycles. The van der Waals surface area contributed by atoms with Crippen LogP contribution in [0.3, 0.4) is 0 Å². The van der Waals surface area contributed by atoms with E-state index in [0.29, 0.717) is 24.2 Å². The molecule has 122 valence electrons. The van der Waals surface area contributed by atoms with Crippen molar-refractivity contribution >= 4 is 5.78 Å². The first-order valence-electron chi connectivity index (χ1n) is 8.97.